The van der Waals surface area contributed by atoms with Crippen LogP contribution in [0.4, 0.5) is 5.69 Å². The molecule has 0 aliphatic rings. The Morgan fingerprint density at radius 2 is 2.00 bits per heavy atom. The summed E-state index contributed by atoms with van der Waals surface area (Å²) in [6.45, 7) is 3.80. The molecule has 0 aliphatic carbocycles. The smallest absolute Gasteiger partial charge is 0.313 e. The molecular formula is C15H17N3O2. The molecule has 0 spiro atoms. The van der Waals surface area contributed by atoms with Crippen LogP contribution in [-0.2, 0) is 9.59 Å². The third-order valence-electron chi connectivity index (χ3n) is 3.09. The Balaban J connectivity index is 2.16. The third kappa shape index (κ3) is 3.12. The average Bonchev–Trinajstić information content (AvgIpc) is 2.47. The largest absolute Gasteiger partial charge is 0.345 e. The Morgan fingerprint density at radius 1 is 1.20 bits per heavy atom. The summed E-state index contributed by atoms with van der Waals surface area (Å²) in [5, 5.41) is 6.06. The molecule has 1 aromatic carbocycles. The van der Waals surface area contributed by atoms with E-state index in [0.29, 0.717) is 5.69 Å². The maximum Gasteiger partial charge on any atom is 0.313 e. The molecule has 5 nitrogen and oxygen atoms in total. The lowest BCUT2D eigenvalue weighted by molar-refractivity contribution is -0.136. The van der Waals surface area contributed by atoms with Crippen molar-refractivity contribution in [1.29, 1.82) is 0 Å². The van der Waals surface area contributed by atoms with Crippen LogP contribution in [0.2, 0.25) is 0 Å². The molecule has 0 unspecified atom stereocenters. The molecule has 1 aromatic heterocycles. The minimum Gasteiger partial charge on any atom is -0.345 e. The van der Waals surface area contributed by atoms with Gasteiger partial charge in [-0.3, -0.25) is 14.6 Å². The van der Waals surface area contributed by atoms with Crippen molar-refractivity contribution in [2.75, 3.05) is 5.32 Å². The van der Waals surface area contributed by atoms with Crippen LogP contribution in [-0.4, -0.2) is 22.8 Å². The van der Waals surface area contributed by atoms with Gasteiger partial charge in [0, 0.05) is 17.6 Å². The SMILES string of the molecule is CC[C@@H](C)NC(=O)C(=O)Nc1cccc2ncccc12. The van der Waals surface area contributed by atoms with Gasteiger partial charge >= 0.3 is 11.8 Å². The van der Waals surface area contributed by atoms with Crippen molar-refractivity contribution in [1.82, 2.24) is 10.3 Å². The first-order valence-electron chi connectivity index (χ1n) is 6.57. The van der Waals surface area contributed by atoms with Crippen molar-refractivity contribution in [3.05, 3.63) is 36.5 Å². The number of rotatable bonds is 3. The minimum atomic E-state index is -0.665. The van der Waals surface area contributed by atoms with E-state index >= 15 is 0 Å². The highest BCUT2D eigenvalue weighted by Gasteiger charge is 2.16. The summed E-state index contributed by atoms with van der Waals surface area (Å²) in [5.41, 5.74) is 1.35. The Hall–Kier alpha value is -2.43. The lowest BCUT2D eigenvalue weighted by Crippen LogP contribution is -2.40. The van der Waals surface area contributed by atoms with E-state index in [9.17, 15) is 9.59 Å². The van der Waals surface area contributed by atoms with Crippen LogP contribution >= 0.6 is 0 Å². The van der Waals surface area contributed by atoms with E-state index in [1.54, 1.807) is 24.4 Å². The molecule has 0 bridgehead atoms. The fourth-order valence-corrected chi connectivity index (χ4v) is 1.78. The zero-order valence-corrected chi connectivity index (χ0v) is 11.5. The zero-order valence-electron chi connectivity index (χ0n) is 11.5. The lowest BCUT2D eigenvalue weighted by atomic mass is 10.2. The monoisotopic (exact) mass is 271 g/mol. The standard InChI is InChI=1S/C15H17N3O2/c1-3-10(2)17-14(19)15(20)18-13-8-4-7-12-11(13)6-5-9-16-12/h4-10H,3H2,1-2H3,(H,17,19)(H,18,20)/t10-/m1/s1. The van der Waals surface area contributed by atoms with Crippen LogP contribution in [0.3, 0.4) is 0 Å². The lowest BCUT2D eigenvalue weighted by Gasteiger charge is -2.12. The Kier molecular flexibility index (Phi) is 4.30. The summed E-state index contributed by atoms with van der Waals surface area (Å²) in [6.07, 6.45) is 2.46. The number of hydrogen-bond acceptors (Lipinski definition) is 3. The van der Waals surface area contributed by atoms with Gasteiger partial charge in [-0.05, 0) is 37.6 Å². The maximum absolute atomic E-state index is 11.9. The number of aromatic nitrogens is 1. The maximum atomic E-state index is 11.9. The van der Waals surface area contributed by atoms with E-state index < -0.39 is 11.8 Å². The van der Waals surface area contributed by atoms with Gasteiger partial charge in [-0.1, -0.05) is 13.0 Å². The van der Waals surface area contributed by atoms with Crippen LogP contribution in [0, 0.1) is 0 Å². The highest BCUT2D eigenvalue weighted by molar-refractivity contribution is 6.40. The van der Waals surface area contributed by atoms with E-state index in [0.717, 1.165) is 17.3 Å². The number of nitrogens with zero attached hydrogens (tertiary/aromatic N) is 1. The topological polar surface area (TPSA) is 71.1 Å². The van der Waals surface area contributed by atoms with Crippen molar-refractivity contribution in [2.45, 2.75) is 26.3 Å². The normalized spacial score (nSPS) is 11.9. The van der Waals surface area contributed by atoms with E-state index in [1.807, 2.05) is 26.0 Å². The molecule has 0 saturated carbocycles. The predicted molar refractivity (Wildman–Crippen MR) is 78.3 cm³/mol. The summed E-state index contributed by atoms with van der Waals surface area (Å²) in [5.74, 6) is -1.29. The molecule has 1 heterocycles. The Bertz CT molecular complexity index is 635. The Morgan fingerprint density at radius 3 is 2.75 bits per heavy atom. The highest BCUT2D eigenvalue weighted by Crippen LogP contribution is 2.20. The van der Waals surface area contributed by atoms with E-state index in [4.69, 9.17) is 0 Å². The molecule has 2 aromatic rings. The number of fused-ring (bicyclic) bond motifs is 1. The molecule has 5 heteroatoms. The number of carbonyl (C=O) groups is 2. The second kappa shape index (κ2) is 6.14. The fraction of sp³-hybridized carbons (Fsp3) is 0.267. The molecule has 2 amide bonds. The molecule has 104 valence electrons. The quantitative estimate of drug-likeness (QED) is 0.840. The number of benzene rings is 1. The molecule has 0 radical (unpaired) electrons. The van der Waals surface area contributed by atoms with Crippen molar-refractivity contribution >= 4 is 28.4 Å². The molecule has 2 N–H and O–H groups in total. The van der Waals surface area contributed by atoms with Crippen LogP contribution in [0.25, 0.3) is 10.9 Å². The predicted octanol–water partition coefficient (Wildman–Crippen LogP) is 2.09. The zero-order chi connectivity index (χ0) is 14.5. The van der Waals surface area contributed by atoms with Gasteiger partial charge in [0.15, 0.2) is 0 Å². The summed E-state index contributed by atoms with van der Waals surface area (Å²) >= 11 is 0. The third-order valence-corrected chi connectivity index (χ3v) is 3.09. The van der Waals surface area contributed by atoms with Gasteiger partial charge in [-0.25, -0.2) is 0 Å². The number of carbonyl (C=O) groups excluding carboxylic acids is 2. The molecule has 0 fully saturated rings. The van der Waals surface area contributed by atoms with Crippen LogP contribution in [0.5, 0.6) is 0 Å². The summed E-state index contributed by atoms with van der Waals surface area (Å²) in [7, 11) is 0. The second-order valence-electron chi connectivity index (χ2n) is 4.61. The summed E-state index contributed by atoms with van der Waals surface area (Å²) in [4.78, 5) is 27.8. The highest BCUT2D eigenvalue weighted by atomic mass is 16.2. The number of hydrogen-bond donors (Lipinski definition) is 2. The van der Waals surface area contributed by atoms with Gasteiger partial charge in [0.05, 0.1) is 11.2 Å². The van der Waals surface area contributed by atoms with Crippen LogP contribution in [0.15, 0.2) is 36.5 Å². The van der Waals surface area contributed by atoms with Gasteiger partial charge in [-0.15, -0.1) is 0 Å². The number of nitrogens with one attached hydrogen (secondary N) is 2. The first-order chi connectivity index (χ1) is 9.61. The van der Waals surface area contributed by atoms with Gasteiger partial charge in [0.25, 0.3) is 0 Å². The van der Waals surface area contributed by atoms with Crippen molar-refractivity contribution in [3.8, 4) is 0 Å². The van der Waals surface area contributed by atoms with Gasteiger partial charge in [0.1, 0.15) is 0 Å². The molecular weight excluding hydrogens is 254 g/mol. The van der Waals surface area contributed by atoms with E-state index in [2.05, 4.69) is 15.6 Å². The Labute approximate surface area is 117 Å². The molecule has 2 rings (SSSR count). The van der Waals surface area contributed by atoms with Gasteiger partial charge < -0.3 is 10.6 Å². The van der Waals surface area contributed by atoms with Crippen LogP contribution in [0.1, 0.15) is 20.3 Å². The summed E-state index contributed by atoms with van der Waals surface area (Å²) in [6, 6.07) is 9.00. The minimum absolute atomic E-state index is 0.0255. The number of amides is 2. The van der Waals surface area contributed by atoms with E-state index in [-0.39, 0.29) is 6.04 Å². The van der Waals surface area contributed by atoms with E-state index in [1.165, 1.54) is 0 Å². The number of anilines is 1. The van der Waals surface area contributed by atoms with Crippen LogP contribution < -0.4 is 10.6 Å². The average molecular weight is 271 g/mol. The first kappa shape index (κ1) is 14.0. The molecule has 0 saturated heterocycles. The first-order valence-corrected chi connectivity index (χ1v) is 6.57. The van der Waals surface area contributed by atoms with Crippen molar-refractivity contribution < 1.29 is 9.59 Å². The molecule has 0 aliphatic heterocycles. The number of pyridine rings is 1. The van der Waals surface area contributed by atoms with Crippen molar-refractivity contribution in [2.24, 2.45) is 0 Å². The fourth-order valence-electron chi connectivity index (χ4n) is 1.78. The molecule has 20 heavy (non-hydrogen) atoms. The van der Waals surface area contributed by atoms with Gasteiger partial charge in [0.2, 0.25) is 0 Å². The summed E-state index contributed by atoms with van der Waals surface area (Å²) < 4.78 is 0. The van der Waals surface area contributed by atoms with Crippen molar-refractivity contribution in [3.63, 3.8) is 0 Å². The molecule has 1 atom stereocenters. The second-order valence-corrected chi connectivity index (χ2v) is 4.61. The van der Waals surface area contributed by atoms with Gasteiger partial charge in [-0.2, -0.15) is 0 Å².